The van der Waals surface area contributed by atoms with Crippen LogP contribution in [0, 0.1) is 0 Å². The van der Waals surface area contributed by atoms with Gasteiger partial charge in [0.15, 0.2) is 0 Å². The molecule has 0 fully saturated rings. The Balaban J connectivity index is 2.23. The minimum atomic E-state index is -4.60. The first-order valence-corrected chi connectivity index (χ1v) is 5.51. The number of hydrogen-bond donors (Lipinski definition) is 0. The van der Waals surface area contributed by atoms with Gasteiger partial charge in [-0.05, 0) is 12.0 Å². The van der Waals surface area contributed by atoms with Gasteiger partial charge in [0.25, 0.3) is 0 Å². The standard InChI is InChI=1S/C12H11F3N2O/c1-2-3-8-4-6-9(7-5-8)10-16-11(18-17-10)12(13,14)15/h4-7H,2-3H2,1H3. The minimum absolute atomic E-state index is 0.0506. The molecule has 0 atom stereocenters. The average molecular weight is 256 g/mol. The van der Waals surface area contributed by atoms with Gasteiger partial charge in [0.2, 0.25) is 5.82 Å². The van der Waals surface area contributed by atoms with Crippen molar-refractivity contribution >= 4 is 0 Å². The molecule has 0 aliphatic heterocycles. The third-order valence-electron chi connectivity index (χ3n) is 2.42. The van der Waals surface area contributed by atoms with E-state index in [0.717, 1.165) is 18.4 Å². The zero-order valence-electron chi connectivity index (χ0n) is 9.66. The number of halogens is 3. The molecule has 1 aromatic carbocycles. The number of aryl methyl sites for hydroxylation is 1. The first-order chi connectivity index (χ1) is 8.50. The highest BCUT2D eigenvalue weighted by Crippen LogP contribution is 2.29. The zero-order valence-corrected chi connectivity index (χ0v) is 9.66. The molecule has 2 rings (SSSR count). The molecular weight excluding hydrogens is 245 g/mol. The van der Waals surface area contributed by atoms with Crippen molar-refractivity contribution in [1.29, 1.82) is 0 Å². The maximum absolute atomic E-state index is 12.3. The highest BCUT2D eigenvalue weighted by molar-refractivity contribution is 5.54. The van der Waals surface area contributed by atoms with Crippen molar-refractivity contribution in [3.63, 3.8) is 0 Å². The Kier molecular flexibility index (Phi) is 3.36. The maximum Gasteiger partial charge on any atom is 0.471 e. The van der Waals surface area contributed by atoms with E-state index in [0.29, 0.717) is 5.56 Å². The van der Waals surface area contributed by atoms with E-state index in [-0.39, 0.29) is 5.82 Å². The number of rotatable bonds is 3. The lowest BCUT2D eigenvalue weighted by atomic mass is 10.1. The van der Waals surface area contributed by atoms with E-state index in [1.807, 2.05) is 12.1 Å². The van der Waals surface area contributed by atoms with Crippen molar-refractivity contribution in [3.05, 3.63) is 35.7 Å². The molecular formula is C12H11F3N2O. The Hall–Kier alpha value is -1.85. The number of alkyl halides is 3. The molecule has 0 spiro atoms. The van der Waals surface area contributed by atoms with Gasteiger partial charge >= 0.3 is 12.1 Å². The zero-order chi connectivity index (χ0) is 13.2. The molecule has 18 heavy (non-hydrogen) atoms. The lowest BCUT2D eigenvalue weighted by Crippen LogP contribution is -2.04. The second-order valence-electron chi connectivity index (χ2n) is 3.87. The minimum Gasteiger partial charge on any atom is -0.329 e. The summed E-state index contributed by atoms with van der Waals surface area (Å²) in [7, 11) is 0. The normalized spacial score (nSPS) is 11.8. The third-order valence-corrected chi connectivity index (χ3v) is 2.42. The second-order valence-corrected chi connectivity index (χ2v) is 3.87. The molecule has 3 nitrogen and oxygen atoms in total. The van der Waals surface area contributed by atoms with Crippen LogP contribution < -0.4 is 0 Å². The van der Waals surface area contributed by atoms with Crippen molar-refractivity contribution in [3.8, 4) is 11.4 Å². The second kappa shape index (κ2) is 4.80. The number of aromatic nitrogens is 2. The van der Waals surface area contributed by atoms with E-state index >= 15 is 0 Å². The van der Waals surface area contributed by atoms with E-state index in [1.165, 1.54) is 0 Å². The summed E-state index contributed by atoms with van der Waals surface area (Å²) >= 11 is 0. The van der Waals surface area contributed by atoms with E-state index in [9.17, 15) is 13.2 Å². The molecule has 2 aromatic rings. The Morgan fingerprint density at radius 1 is 1.17 bits per heavy atom. The van der Waals surface area contributed by atoms with E-state index < -0.39 is 12.1 Å². The largest absolute Gasteiger partial charge is 0.471 e. The summed E-state index contributed by atoms with van der Waals surface area (Å²) in [5, 5.41) is 3.32. The molecule has 0 aliphatic rings. The molecule has 0 amide bonds. The van der Waals surface area contributed by atoms with Gasteiger partial charge in [-0.1, -0.05) is 42.8 Å². The van der Waals surface area contributed by atoms with Crippen LogP contribution in [0.25, 0.3) is 11.4 Å². The van der Waals surface area contributed by atoms with Gasteiger partial charge in [0.1, 0.15) is 0 Å². The smallest absolute Gasteiger partial charge is 0.329 e. The molecule has 0 aliphatic carbocycles. The first-order valence-electron chi connectivity index (χ1n) is 5.51. The molecule has 0 saturated carbocycles. The summed E-state index contributed by atoms with van der Waals surface area (Å²) in [5.74, 6) is -1.37. The molecule has 96 valence electrons. The monoisotopic (exact) mass is 256 g/mol. The van der Waals surface area contributed by atoms with Crippen molar-refractivity contribution in [1.82, 2.24) is 10.1 Å². The van der Waals surface area contributed by atoms with E-state index in [2.05, 4.69) is 21.6 Å². The van der Waals surface area contributed by atoms with Crippen LogP contribution in [-0.4, -0.2) is 10.1 Å². The third kappa shape index (κ3) is 2.69. The Morgan fingerprint density at radius 2 is 1.83 bits per heavy atom. The van der Waals surface area contributed by atoms with Crippen molar-refractivity contribution in [2.24, 2.45) is 0 Å². The Bertz CT molecular complexity index is 517. The molecule has 6 heteroatoms. The summed E-state index contributed by atoms with van der Waals surface area (Å²) in [5.41, 5.74) is 1.63. The van der Waals surface area contributed by atoms with Crippen LogP contribution in [-0.2, 0) is 12.6 Å². The number of nitrogens with zero attached hydrogens (tertiary/aromatic N) is 2. The SMILES string of the molecule is CCCc1ccc(-c2noc(C(F)(F)F)n2)cc1. The Morgan fingerprint density at radius 3 is 2.33 bits per heavy atom. The summed E-state index contributed by atoms with van der Waals surface area (Å²) in [6.45, 7) is 2.06. The molecule has 0 radical (unpaired) electrons. The van der Waals surface area contributed by atoms with Gasteiger partial charge in [-0.15, -0.1) is 0 Å². The van der Waals surface area contributed by atoms with Gasteiger partial charge in [-0.3, -0.25) is 0 Å². The van der Waals surface area contributed by atoms with Gasteiger partial charge in [-0.2, -0.15) is 18.2 Å². The van der Waals surface area contributed by atoms with Crippen LogP contribution in [0.4, 0.5) is 13.2 Å². The van der Waals surface area contributed by atoms with Gasteiger partial charge in [0.05, 0.1) is 0 Å². The van der Waals surface area contributed by atoms with Crippen LogP contribution >= 0.6 is 0 Å². The van der Waals surface area contributed by atoms with Crippen LogP contribution in [0.15, 0.2) is 28.8 Å². The highest BCUT2D eigenvalue weighted by atomic mass is 19.4. The van der Waals surface area contributed by atoms with Crippen molar-refractivity contribution in [2.75, 3.05) is 0 Å². The van der Waals surface area contributed by atoms with Gasteiger partial charge in [0, 0.05) is 5.56 Å². The average Bonchev–Trinajstić information content (AvgIpc) is 2.79. The fourth-order valence-corrected chi connectivity index (χ4v) is 1.57. The molecule has 1 aromatic heterocycles. The summed E-state index contributed by atoms with van der Waals surface area (Å²) in [6.07, 6.45) is -2.66. The summed E-state index contributed by atoms with van der Waals surface area (Å²) in [4.78, 5) is 3.32. The van der Waals surface area contributed by atoms with E-state index in [1.54, 1.807) is 12.1 Å². The van der Waals surface area contributed by atoms with E-state index in [4.69, 9.17) is 0 Å². The maximum atomic E-state index is 12.3. The summed E-state index contributed by atoms with van der Waals surface area (Å²) < 4.78 is 41.0. The molecule has 0 saturated heterocycles. The predicted molar refractivity (Wildman–Crippen MR) is 58.7 cm³/mol. The number of hydrogen-bond acceptors (Lipinski definition) is 3. The molecule has 1 heterocycles. The van der Waals surface area contributed by atoms with Gasteiger partial charge in [-0.25, -0.2) is 0 Å². The van der Waals surface area contributed by atoms with Crippen LogP contribution in [0.5, 0.6) is 0 Å². The fraction of sp³-hybridized carbons (Fsp3) is 0.333. The van der Waals surface area contributed by atoms with Crippen LogP contribution in [0.2, 0.25) is 0 Å². The van der Waals surface area contributed by atoms with Crippen LogP contribution in [0.3, 0.4) is 0 Å². The van der Waals surface area contributed by atoms with Crippen molar-refractivity contribution in [2.45, 2.75) is 25.9 Å². The number of benzene rings is 1. The fourth-order valence-electron chi connectivity index (χ4n) is 1.57. The Labute approximate surface area is 102 Å². The quantitative estimate of drug-likeness (QED) is 0.840. The van der Waals surface area contributed by atoms with Crippen LogP contribution in [0.1, 0.15) is 24.8 Å². The summed E-state index contributed by atoms with van der Waals surface area (Å²) in [6, 6.07) is 7.08. The predicted octanol–water partition coefficient (Wildman–Crippen LogP) is 3.71. The van der Waals surface area contributed by atoms with Gasteiger partial charge < -0.3 is 4.52 Å². The van der Waals surface area contributed by atoms with Crippen molar-refractivity contribution < 1.29 is 17.7 Å². The molecule has 0 N–H and O–H groups in total. The topological polar surface area (TPSA) is 38.9 Å². The lowest BCUT2D eigenvalue weighted by molar-refractivity contribution is -0.159. The lowest BCUT2D eigenvalue weighted by Gasteiger charge is -1.99. The molecule has 0 bridgehead atoms. The first kappa shape index (κ1) is 12.6. The molecule has 0 unspecified atom stereocenters. The highest BCUT2D eigenvalue weighted by Gasteiger charge is 2.38.